The lowest BCUT2D eigenvalue weighted by Gasteiger charge is -2.39. The van der Waals surface area contributed by atoms with Crippen LogP contribution in [0, 0.1) is 5.92 Å². The summed E-state index contributed by atoms with van der Waals surface area (Å²) in [6.07, 6.45) is 4.37. The second kappa shape index (κ2) is 6.72. The first kappa shape index (κ1) is 17.6. The molecule has 0 saturated carbocycles. The summed E-state index contributed by atoms with van der Waals surface area (Å²) in [5.74, 6) is 0.872. The second-order valence-electron chi connectivity index (χ2n) is 6.43. The van der Waals surface area contributed by atoms with Crippen LogP contribution < -0.4 is 21.5 Å². The van der Waals surface area contributed by atoms with E-state index >= 15 is 0 Å². The third-order valence-electron chi connectivity index (χ3n) is 4.65. The van der Waals surface area contributed by atoms with E-state index in [9.17, 15) is 14.4 Å². The first-order chi connectivity index (χ1) is 13.4. The number of hydrogen-bond acceptors (Lipinski definition) is 8. The number of nitrogens with zero attached hydrogens (tertiary/aromatic N) is 8. The number of carbonyl (C=O) groups excluding carboxylic acids is 1. The molecule has 3 aromatic rings. The van der Waals surface area contributed by atoms with Crippen molar-refractivity contribution in [1.29, 1.82) is 0 Å². The Kier molecular flexibility index (Phi) is 4.22. The maximum Gasteiger partial charge on any atom is 0.332 e. The van der Waals surface area contributed by atoms with E-state index in [4.69, 9.17) is 0 Å². The highest BCUT2D eigenvalue weighted by molar-refractivity contribution is 5.93. The highest BCUT2D eigenvalue weighted by Gasteiger charge is 2.34. The van der Waals surface area contributed by atoms with Crippen LogP contribution in [-0.2, 0) is 18.9 Å². The van der Waals surface area contributed by atoms with Crippen LogP contribution in [0.15, 0.2) is 40.7 Å². The van der Waals surface area contributed by atoms with Crippen molar-refractivity contribution in [3.8, 4) is 5.82 Å². The monoisotopic (exact) mass is 383 g/mol. The zero-order valence-corrected chi connectivity index (χ0v) is 15.2. The lowest BCUT2D eigenvalue weighted by Crippen LogP contribution is -2.53. The van der Waals surface area contributed by atoms with Gasteiger partial charge in [0.2, 0.25) is 5.91 Å². The van der Waals surface area contributed by atoms with Gasteiger partial charge in [0, 0.05) is 39.3 Å². The van der Waals surface area contributed by atoms with Crippen LogP contribution in [-0.4, -0.2) is 52.9 Å². The van der Waals surface area contributed by atoms with Crippen molar-refractivity contribution in [3.05, 3.63) is 52.0 Å². The third-order valence-corrected chi connectivity index (χ3v) is 4.65. The first-order valence-electron chi connectivity index (χ1n) is 8.44. The predicted octanol–water partition coefficient (Wildman–Crippen LogP) is -1.47. The van der Waals surface area contributed by atoms with Gasteiger partial charge in [-0.2, -0.15) is 5.10 Å². The molecule has 0 radical (unpaired) electrons. The number of carbonyl (C=O) groups is 1. The van der Waals surface area contributed by atoms with E-state index in [1.165, 1.54) is 48.4 Å². The molecule has 0 aliphatic carbocycles. The zero-order valence-electron chi connectivity index (χ0n) is 15.2. The molecule has 1 saturated heterocycles. The van der Waals surface area contributed by atoms with Crippen molar-refractivity contribution in [2.45, 2.75) is 0 Å². The maximum atomic E-state index is 12.5. The molecule has 4 rings (SSSR count). The Morgan fingerprint density at radius 2 is 1.82 bits per heavy atom. The molecule has 12 nitrogen and oxygen atoms in total. The molecule has 0 atom stereocenters. The molecular formula is C16H17N9O3. The Bertz CT molecular complexity index is 1140. The average Bonchev–Trinajstić information content (AvgIpc) is 3.18. The largest absolute Gasteiger partial charge is 0.355 e. The molecule has 1 aliphatic heterocycles. The molecule has 1 fully saturated rings. The minimum Gasteiger partial charge on any atom is -0.355 e. The molecule has 0 unspecified atom stereocenters. The molecule has 4 heterocycles. The predicted molar refractivity (Wildman–Crippen MR) is 98.2 cm³/mol. The van der Waals surface area contributed by atoms with Crippen LogP contribution in [0.3, 0.4) is 0 Å². The molecule has 3 aromatic heterocycles. The quantitative estimate of drug-likeness (QED) is 0.577. The van der Waals surface area contributed by atoms with Crippen molar-refractivity contribution >= 4 is 17.5 Å². The number of amides is 1. The van der Waals surface area contributed by atoms with Gasteiger partial charge in [0.05, 0.1) is 5.92 Å². The summed E-state index contributed by atoms with van der Waals surface area (Å²) in [5.41, 5.74) is -0.977. The normalized spacial score (nSPS) is 14.0. The van der Waals surface area contributed by atoms with Gasteiger partial charge in [-0.05, 0) is 0 Å². The molecule has 1 N–H and O–H groups in total. The van der Waals surface area contributed by atoms with Crippen molar-refractivity contribution in [3.63, 3.8) is 0 Å². The van der Waals surface area contributed by atoms with E-state index in [1.807, 2.05) is 4.90 Å². The number of anilines is 2. The highest BCUT2D eigenvalue weighted by atomic mass is 16.2. The first-order valence-corrected chi connectivity index (χ1v) is 8.44. The Labute approximate surface area is 158 Å². The number of nitrogens with one attached hydrogen (secondary N) is 1. The summed E-state index contributed by atoms with van der Waals surface area (Å²) in [6, 6.07) is 2.98. The molecule has 144 valence electrons. The van der Waals surface area contributed by atoms with Crippen LogP contribution >= 0.6 is 0 Å². The smallest absolute Gasteiger partial charge is 0.332 e. The molecule has 0 spiro atoms. The van der Waals surface area contributed by atoms with Gasteiger partial charge in [0.25, 0.3) is 5.56 Å². The van der Waals surface area contributed by atoms with E-state index in [-0.39, 0.29) is 17.6 Å². The van der Waals surface area contributed by atoms with Gasteiger partial charge in [0.15, 0.2) is 5.82 Å². The lowest BCUT2D eigenvalue weighted by molar-refractivity contribution is -0.120. The average molecular weight is 383 g/mol. The molecule has 1 amide bonds. The van der Waals surface area contributed by atoms with E-state index < -0.39 is 11.2 Å². The minimum absolute atomic E-state index is 0.173. The standard InChI is InChI=1S/C16H17N9O3/c1-22-13(4-14(26)23(2)16(22)28)21-15(27)10-5-24(6-10)11-3-12(19-8-18-11)25-9-17-7-20-25/h3-4,7-10H,5-6H2,1-2H3,(H,21,27). The fraction of sp³-hybridized carbons (Fsp3) is 0.312. The van der Waals surface area contributed by atoms with Crippen molar-refractivity contribution in [1.82, 2.24) is 33.9 Å². The van der Waals surface area contributed by atoms with Gasteiger partial charge in [-0.3, -0.25) is 18.7 Å². The lowest BCUT2D eigenvalue weighted by atomic mass is 9.99. The highest BCUT2D eigenvalue weighted by Crippen LogP contribution is 2.24. The SMILES string of the molecule is Cn1c(NC(=O)C2CN(c3cc(-n4cncn4)ncn3)C2)cc(=O)n(C)c1=O. The van der Waals surface area contributed by atoms with Gasteiger partial charge >= 0.3 is 5.69 Å². The molecule has 12 heteroatoms. The Balaban J connectivity index is 1.43. The minimum atomic E-state index is -0.500. The van der Waals surface area contributed by atoms with Crippen molar-refractivity contribution < 1.29 is 4.79 Å². The second-order valence-corrected chi connectivity index (χ2v) is 6.43. The van der Waals surface area contributed by atoms with Crippen molar-refractivity contribution in [2.24, 2.45) is 20.0 Å². The van der Waals surface area contributed by atoms with Crippen LogP contribution in [0.4, 0.5) is 11.6 Å². The van der Waals surface area contributed by atoms with Gasteiger partial charge in [-0.15, -0.1) is 0 Å². The fourth-order valence-corrected chi connectivity index (χ4v) is 2.87. The summed E-state index contributed by atoms with van der Waals surface area (Å²) in [5, 5.41) is 6.68. The third kappa shape index (κ3) is 3.04. The summed E-state index contributed by atoms with van der Waals surface area (Å²) < 4.78 is 3.72. The summed E-state index contributed by atoms with van der Waals surface area (Å²) >= 11 is 0. The number of aromatic nitrogens is 7. The van der Waals surface area contributed by atoms with Gasteiger partial charge in [-0.25, -0.2) is 24.4 Å². The van der Waals surface area contributed by atoms with E-state index in [2.05, 4.69) is 25.4 Å². The van der Waals surface area contributed by atoms with Crippen LogP contribution in [0.2, 0.25) is 0 Å². The molecular weight excluding hydrogens is 366 g/mol. The van der Waals surface area contributed by atoms with E-state index in [1.54, 1.807) is 6.07 Å². The van der Waals surface area contributed by atoms with Crippen LogP contribution in [0.5, 0.6) is 0 Å². The Morgan fingerprint density at radius 3 is 2.54 bits per heavy atom. The number of hydrogen-bond donors (Lipinski definition) is 1. The van der Waals surface area contributed by atoms with Crippen molar-refractivity contribution in [2.75, 3.05) is 23.3 Å². The maximum absolute atomic E-state index is 12.5. The summed E-state index contributed by atoms with van der Waals surface area (Å²) in [4.78, 5) is 50.4. The molecule has 1 aliphatic rings. The van der Waals surface area contributed by atoms with E-state index in [0.717, 1.165) is 4.57 Å². The van der Waals surface area contributed by atoms with Gasteiger partial charge in [-0.1, -0.05) is 0 Å². The topological polar surface area (TPSA) is 133 Å². The fourth-order valence-electron chi connectivity index (χ4n) is 2.87. The number of rotatable bonds is 4. The molecule has 0 bridgehead atoms. The zero-order chi connectivity index (χ0) is 19.8. The summed E-state index contributed by atoms with van der Waals surface area (Å²) in [6.45, 7) is 0.914. The summed E-state index contributed by atoms with van der Waals surface area (Å²) in [7, 11) is 2.88. The van der Waals surface area contributed by atoms with Crippen LogP contribution in [0.1, 0.15) is 0 Å². The van der Waals surface area contributed by atoms with Crippen LogP contribution in [0.25, 0.3) is 5.82 Å². The molecule has 0 aromatic carbocycles. The Morgan fingerprint density at radius 1 is 1.07 bits per heavy atom. The Hall–Kier alpha value is -3.83. The van der Waals surface area contributed by atoms with Gasteiger partial charge in [0.1, 0.15) is 30.6 Å². The molecule has 28 heavy (non-hydrogen) atoms. The van der Waals surface area contributed by atoms with E-state index in [0.29, 0.717) is 24.7 Å². The van der Waals surface area contributed by atoms with Gasteiger partial charge < -0.3 is 10.2 Å².